The second-order valence-corrected chi connectivity index (χ2v) is 9.30. The zero-order valence-electron chi connectivity index (χ0n) is 21.2. The Bertz CT molecular complexity index is 1040. The van der Waals surface area contributed by atoms with Gasteiger partial charge in [0, 0.05) is 31.0 Å². The number of rotatable bonds is 16. The minimum Gasteiger partial charge on any atom is -0.492 e. The minimum absolute atomic E-state index is 0.0527. The van der Waals surface area contributed by atoms with E-state index in [1.165, 1.54) is 11.0 Å². The number of nitrogens with zero attached hydrogens (tertiary/aromatic N) is 1. The number of carbonyl (C=O) groups is 2. The minimum atomic E-state index is -2.83. The molecule has 12 heteroatoms. The lowest BCUT2D eigenvalue weighted by Crippen LogP contribution is -2.40. The van der Waals surface area contributed by atoms with Crippen LogP contribution >= 0.6 is 23.2 Å². The summed E-state index contributed by atoms with van der Waals surface area (Å²) in [4.78, 5) is 25.6. The summed E-state index contributed by atoms with van der Waals surface area (Å²) in [5.41, 5.74) is 1.13. The molecule has 2 amide bonds. The van der Waals surface area contributed by atoms with E-state index in [2.05, 4.69) is 5.32 Å². The smallest absolute Gasteiger partial charge is 0.333 e. The number of halogens is 4. The van der Waals surface area contributed by atoms with Gasteiger partial charge < -0.3 is 29.5 Å². The number of benzene rings is 2. The monoisotopic (exact) mass is 576 g/mol. The molecule has 0 aliphatic carbocycles. The number of amides is 2. The van der Waals surface area contributed by atoms with E-state index in [1.807, 2.05) is 0 Å². The number of anilines is 1. The lowest BCUT2D eigenvalue weighted by Gasteiger charge is -2.24. The van der Waals surface area contributed by atoms with Gasteiger partial charge in [0.2, 0.25) is 5.92 Å². The number of urea groups is 1. The van der Waals surface area contributed by atoms with Gasteiger partial charge in [-0.05, 0) is 49.7 Å². The van der Waals surface area contributed by atoms with Crippen LogP contribution in [0.3, 0.4) is 0 Å². The molecule has 1 unspecified atom stereocenters. The van der Waals surface area contributed by atoms with Gasteiger partial charge in [-0.15, -0.1) is 0 Å². The van der Waals surface area contributed by atoms with Crippen molar-refractivity contribution >= 4 is 40.9 Å². The third kappa shape index (κ3) is 11.8. The molecule has 2 aromatic rings. The number of aliphatic carboxylic acids is 1. The van der Waals surface area contributed by atoms with Crippen molar-refractivity contribution in [1.82, 2.24) is 4.90 Å². The summed E-state index contributed by atoms with van der Waals surface area (Å²) >= 11 is 12.1. The number of ether oxygens (including phenoxy) is 3. The first-order valence-electron chi connectivity index (χ1n) is 12.0. The third-order valence-electron chi connectivity index (χ3n) is 5.27. The Morgan fingerprint density at radius 1 is 1.08 bits per heavy atom. The summed E-state index contributed by atoms with van der Waals surface area (Å²) in [5.74, 6) is -3.33. The first kappa shape index (κ1) is 31.6. The van der Waals surface area contributed by atoms with E-state index < -0.39 is 30.4 Å². The first-order chi connectivity index (χ1) is 18.0. The predicted octanol–water partition coefficient (Wildman–Crippen LogP) is 6.00. The van der Waals surface area contributed by atoms with Crippen molar-refractivity contribution in [3.05, 3.63) is 58.1 Å². The van der Waals surface area contributed by atoms with Crippen LogP contribution in [0.2, 0.25) is 10.0 Å². The number of hydrogen-bond acceptors (Lipinski definition) is 5. The summed E-state index contributed by atoms with van der Waals surface area (Å²) in [5, 5.41) is 12.6. The Morgan fingerprint density at radius 2 is 1.76 bits per heavy atom. The number of carboxylic acid groups (broad SMARTS) is 1. The second-order valence-electron chi connectivity index (χ2n) is 8.45. The Morgan fingerprint density at radius 3 is 2.37 bits per heavy atom. The van der Waals surface area contributed by atoms with Crippen molar-refractivity contribution in [1.29, 1.82) is 0 Å². The Balaban J connectivity index is 1.94. The fraction of sp³-hybridized carbons (Fsp3) is 0.462. The van der Waals surface area contributed by atoms with Gasteiger partial charge >= 0.3 is 12.0 Å². The summed E-state index contributed by atoms with van der Waals surface area (Å²) in [6, 6.07) is 11.1. The van der Waals surface area contributed by atoms with E-state index >= 15 is 0 Å². The zero-order valence-corrected chi connectivity index (χ0v) is 22.7. The average molecular weight is 577 g/mol. The zero-order chi connectivity index (χ0) is 28.1. The van der Waals surface area contributed by atoms with Crippen molar-refractivity contribution in [3.8, 4) is 5.75 Å². The molecule has 0 aliphatic heterocycles. The Hall–Kier alpha value is -2.66. The van der Waals surface area contributed by atoms with Gasteiger partial charge in [-0.1, -0.05) is 35.3 Å². The molecule has 2 N–H and O–H groups in total. The van der Waals surface area contributed by atoms with Gasteiger partial charge in [0.05, 0.1) is 30.5 Å². The SMILES string of the molecule is CCOC(Cc1ccc(OCCN(CCOCCC(C)(F)F)C(=O)Nc2ccc(Cl)cc2Cl)cc1)C(=O)O. The first-order valence-corrected chi connectivity index (χ1v) is 12.8. The van der Waals surface area contributed by atoms with E-state index in [-0.39, 0.29) is 44.4 Å². The molecule has 210 valence electrons. The van der Waals surface area contributed by atoms with Crippen LogP contribution in [-0.4, -0.2) is 73.6 Å². The van der Waals surface area contributed by atoms with Crippen LogP contribution in [0.4, 0.5) is 19.3 Å². The van der Waals surface area contributed by atoms with Gasteiger partial charge in [0.15, 0.2) is 6.10 Å². The molecule has 0 radical (unpaired) electrons. The van der Waals surface area contributed by atoms with Gasteiger partial charge in [-0.2, -0.15) is 0 Å². The highest BCUT2D eigenvalue weighted by Gasteiger charge is 2.21. The molecule has 8 nitrogen and oxygen atoms in total. The highest BCUT2D eigenvalue weighted by molar-refractivity contribution is 6.36. The van der Waals surface area contributed by atoms with Crippen LogP contribution in [0.15, 0.2) is 42.5 Å². The molecule has 0 saturated heterocycles. The van der Waals surface area contributed by atoms with E-state index in [9.17, 15) is 23.5 Å². The molecule has 0 aromatic heterocycles. The average Bonchev–Trinajstić information content (AvgIpc) is 2.84. The lowest BCUT2D eigenvalue weighted by molar-refractivity contribution is -0.149. The number of alkyl halides is 2. The Kier molecular flexibility index (Phi) is 13.0. The molecular weight excluding hydrogens is 545 g/mol. The predicted molar refractivity (Wildman–Crippen MR) is 142 cm³/mol. The normalized spacial score (nSPS) is 12.2. The number of nitrogens with one attached hydrogen (secondary N) is 1. The van der Waals surface area contributed by atoms with E-state index in [4.69, 9.17) is 37.4 Å². The molecule has 0 bridgehead atoms. The van der Waals surface area contributed by atoms with Gasteiger partial charge in [-0.25, -0.2) is 18.4 Å². The molecule has 2 rings (SSSR count). The van der Waals surface area contributed by atoms with Crippen molar-refractivity contribution in [3.63, 3.8) is 0 Å². The van der Waals surface area contributed by atoms with Crippen molar-refractivity contribution in [2.45, 2.75) is 38.7 Å². The maximum Gasteiger partial charge on any atom is 0.333 e. The number of carboxylic acids is 1. The lowest BCUT2D eigenvalue weighted by atomic mass is 10.1. The largest absolute Gasteiger partial charge is 0.492 e. The second kappa shape index (κ2) is 15.7. The van der Waals surface area contributed by atoms with Crippen LogP contribution in [0, 0.1) is 0 Å². The van der Waals surface area contributed by atoms with Crippen LogP contribution in [0.1, 0.15) is 25.8 Å². The molecule has 38 heavy (non-hydrogen) atoms. The standard InChI is InChI=1S/C26H32Cl2F2N2O6/c1-3-37-23(24(33)34)16-18-4-7-20(8-5-18)38-15-12-32(11-14-36-13-10-26(2,29)30)25(35)31-22-9-6-19(27)17-21(22)28/h4-9,17,23H,3,10-16H2,1-2H3,(H,31,35)(H,33,34). The maximum absolute atomic E-state index is 13.0. The van der Waals surface area contributed by atoms with Crippen LogP contribution in [0.25, 0.3) is 0 Å². The van der Waals surface area contributed by atoms with Crippen LogP contribution < -0.4 is 10.1 Å². The molecule has 0 spiro atoms. The molecule has 0 heterocycles. The number of hydrogen-bond donors (Lipinski definition) is 2. The molecule has 1 atom stereocenters. The number of carbonyl (C=O) groups excluding carboxylic acids is 1. The highest BCUT2D eigenvalue weighted by Crippen LogP contribution is 2.25. The van der Waals surface area contributed by atoms with Crippen molar-refractivity contribution in [2.75, 3.05) is 44.8 Å². The Labute approximate surface area is 230 Å². The summed E-state index contributed by atoms with van der Waals surface area (Å²) in [6.45, 7) is 3.18. The maximum atomic E-state index is 13.0. The van der Waals surface area contributed by atoms with Gasteiger partial charge in [0.25, 0.3) is 0 Å². The molecule has 2 aromatic carbocycles. The van der Waals surface area contributed by atoms with E-state index in [1.54, 1.807) is 43.3 Å². The molecule has 0 aliphatic rings. The molecule has 0 fully saturated rings. The topological polar surface area (TPSA) is 97.3 Å². The van der Waals surface area contributed by atoms with Crippen LogP contribution in [-0.2, 0) is 20.7 Å². The summed E-state index contributed by atoms with van der Waals surface area (Å²) in [6.07, 6.45) is -1.13. The highest BCUT2D eigenvalue weighted by atomic mass is 35.5. The van der Waals surface area contributed by atoms with Gasteiger partial charge in [-0.3, -0.25) is 0 Å². The van der Waals surface area contributed by atoms with Gasteiger partial charge in [0.1, 0.15) is 12.4 Å². The molecule has 0 saturated carbocycles. The fourth-order valence-electron chi connectivity index (χ4n) is 3.26. The summed E-state index contributed by atoms with van der Waals surface area (Å²) in [7, 11) is 0. The molecular formula is C26H32Cl2F2N2O6. The quantitative estimate of drug-likeness (QED) is 0.238. The third-order valence-corrected chi connectivity index (χ3v) is 5.82. The van der Waals surface area contributed by atoms with E-state index in [0.717, 1.165) is 12.5 Å². The van der Waals surface area contributed by atoms with Crippen LogP contribution in [0.5, 0.6) is 5.75 Å². The van der Waals surface area contributed by atoms with Crippen molar-refractivity contribution in [2.24, 2.45) is 0 Å². The van der Waals surface area contributed by atoms with E-state index in [0.29, 0.717) is 23.1 Å². The fourth-order valence-corrected chi connectivity index (χ4v) is 3.71. The summed E-state index contributed by atoms with van der Waals surface area (Å²) < 4.78 is 42.3. The van der Waals surface area contributed by atoms with Crippen molar-refractivity contribution < 1.29 is 37.7 Å².